The van der Waals surface area contributed by atoms with E-state index in [-0.39, 0.29) is 11.6 Å². The van der Waals surface area contributed by atoms with E-state index in [4.69, 9.17) is 0 Å². The lowest BCUT2D eigenvalue weighted by molar-refractivity contribution is 0.0994. The Morgan fingerprint density at radius 3 is 2.68 bits per heavy atom. The van der Waals surface area contributed by atoms with Crippen molar-refractivity contribution >= 4 is 38.4 Å². The van der Waals surface area contributed by atoms with Crippen molar-refractivity contribution in [1.29, 1.82) is 0 Å². The van der Waals surface area contributed by atoms with Gasteiger partial charge in [-0.05, 0) is 35.9 Å². The Hall–Kier alpha value is -3.32. The monoisotopic (exact) mass is 434 g/mol. The highest BCUT2D eigenvalue weighted by Crippen LogP contribution is 2.40. The van der Waals surface area contributed by atoms with Gasteiger partial charge in [0.25, 0.3) is 5.91 Å². The number of carbonyl (C=O) groups is 1. The highest BCUT2D eigenvalue weighted by molar-refractivity contribution is 9.10. The summed E-state index contributed by atoms with van der Waals surface area (Å²) in [6.45, 7) is 0.469. The summed E-state index contributed by atoms with van der Waals surface area (Å²) in [4.78, 5) is 16.1. The van der Waals surface area contributed by atoms with Crippen LogP contribution in [0.5, 0.6) is 5.88 Å². The van der Waals surface area contributed by atoms with Crippen LogP contribution < -0.4 is 0 Å². The number of aromatic nitrogens is 2. The van der Waals surface area contributed by atoms with E-state index in [1.165, 1.54) is 6.20 Å². The third-order valence-corrected chi connectivity index (χ3v) is 4.80. The van der Waals surface area contributed by atoms with Gasteiger partial charge in [0.2, 0.25) is 5.88 Å². The molecule has 0 atom stereocenters. The summed E-state index contributed by atoms with van der Waals surface area (Å²) in [6.07, 6.45) is 3.00. The second-order valence-corrected chi connectivity index (χ2v) is 7.07. The minimum atomic E-state index is -0.522. The zero-order valence-electron chi connectivity index (χ0n) is 14.7. The lowest BCUT2D eigenvalue weighted by atomic mass is 10.2. The van der Waals surface area contributed by atoms with Gasteiger partial charge >= 0.3 is 0 Å². The first-order valence-corrected chi connectivity index (χ1v) is 9.33. The summed E-state index contributed by atoms with van der Waals surface area (Å²) in [6, 6.07) is 18.7. The zero-order valence-corrected chi connectivity index (χ0v) is 16.2. The van der Waals surface area contributed by atoms with E-state index in [0.717, 1.165) is 15.6 Å². The van der Waals surface area contributed by atoms with Crippen LogP contribution in [-0.2, 0) is 6.54 Å². The van der Waals surface area contributed by atoms with Crippen LogP contribution in [-0.4, -0.2) is 20.6 Å². The van der Waals surface area contributed by atoms with E-state index >= 15 is 0 Å². The number of amides is 1. The van der Waals surface area contributed by atoms with Crippen LogP contribution in [0.1, 0.15) is 15.9 Å². The number of fused-ring (bicyclic) bond motifs is 1. The van der Waals surface area contributed by atoms with Crippen LogP contribution in [0.15, 0.2) is 87.8 Å². The fourth-order valence-electron chi connectivity index (χ4n) is 2.96. The molecule has 2 heterocycles. The van der Waals surface area contributed by atoms with Gasteiger partial charge in [0, 0.05) is 22.3 Å². The van der Waals surface area contributed by atoms with Crippen molar-refractivity contribution in [3.63, 3.8) is 0 Å². The van der Waals surface area contributed by atoms with Crippen LogP contribution in [0, 0.1) is 0 Å². The van der Waals surface area contributed by atoms with E-state index in [0.29, 0.717) is 17.5 Å². The third kappa shape index (κ3) is 3.57. The summed E-state index contributed by atoms with van der Waals surface area (Å²) in [5, 5.41) is 19.4. The van der Waals surface area contributed by atoms with Crippen LogP contribution in [0.4, 0.5) is 5.69 Å². The molecule has 0 unspecified atom stereocenters. The van der Waals surface area contributed by atoms with Crippen LogP contribution in [0.25, 0.3) is 10.9 Å². The molecule has 7 heteroatoms. The number of azo groups is 1. The molecule has 0 spiro atoms. The normalized spacial score (nSPS) is 11.3. The van der Waals surface area contributed by atoms with Crippen molar-refractivity contribution in [2.75, 3.05) is 0 Å². The summed E-state index contributed by atoms with van der Waals surface area (Å²) < 4.78 is 2.59. The van der Waals surface area contributed by atoms with Crippen molar-refractivity contribution in [1.82, 2.24) is 9.55 Å². The minimum absolute atomic E-state index is 0.0420. The molecule has 6 nitrogen and oxygen atoms in total. The van der Waals surface area contributed by atoms with Crippen LogP contribution in [0.2, 0.25) is 0 Å². The Balaban J connectivity index is 1.77. The summed E-state index contributed by atoms with van der Waals surface area (Å²) in [5.41, 5.74) is 2.42. The molecule has 138 valence electrons. The van der Waals surface area contributed by atoms with Gasteiger partial charge in [0.05, 0.1) is 17.6 Å². The molecule has 4 rings (SSSR count). The summed E-state index contributed by atoms with van der Waals surface area (Å²) in [5.74, 6) is -0.564. The van der Waals surface area contributed by atoms with Crippen molar-refractivity contribution in [3.8, 4) is 5.88 Å². The lowest BCUT2D eigenvalue weighted by Gasteiger charge is -2.07. The standard InChI is InChI=1S/C21H15BrN4O2/c22-16-8-9-18-17(11-16)19(24-25-20(27)15-7-4-10-23-12-15)21(28)26(18)13-14-5-2-1-3-6-14/h1-12,28H,13H2. The first kappa shape index (κ1) is 18.1. The molecule has 2 aromatic heterocycles. The molecule has 1 amide bonds. The molecular formula is C21H15BrN4O2. The molecule has 28 heavy (non-hydrogen) atoms. The molecule has 0 aliphatic rings. The van der Waals surface area contributed by atoms with E-state index in [9.17, 15) is 9.90 Å². The number of benzene rings is 2. The number of aromatic hydroxyl groups is 1. The first-order chi connectivity index (χ1) is 13.6. The van der Waals surface area contributed by atoms with Gasteiger partial charge < -0.3 is 9.67 Å². The Morgan fingerprint density at radius 1 is 1.11 bits per heavy atom. The Morgan fingerprint density at radius 2 is 1.93 bits per heavy atom. The van der Waals surface area contributed by atoms with Crippen molar-refractivity contribution < 1.29 is 9.90 Å². The van der Waals surface area contributed by atoms with Crippen LogP contribution >= 0.6 is 15.9 Å². The van der Waals surface area contributed by atoms with E-state index < -0.39 is 5.91 Å². The second kappa shape index (κ2) is 7.74. The molecule has 0 aliphatic heterocycles. The molecule has 0 aliphatic carbocycles. The molecule has 0 fully saturated rings. The van der Waals surface area contributed by atoms with Gasteiger partial charge in [-0.3, -0.25) is 9.78 Å². The maximum Gasteiger partial charge on any atom is 0.296 e. The fourth-order valence-corrected chi connectivity index (χ4v) is 3.32. The number of hydrogen-bond donors (Lipinski definition) is 1. The average molecular weight is 435 g/mol. The highest BCUT2D eigenvalue weighted by atomic mass is 79.9. The number of carbonyl (C=O) groups excluding carboxylic acids is 1. The van der Waals surface area contributed by atoms with E-state index in [2.05, 4.69) is 31.1 Å². The lowest BCUT2D eigenvalue weighted by Crippen LogP contribution is -1.98. The van der Waals surface area contributed by atoms with Gasteiger partial charge in [-0.2, -0.15) is 0 Å². The number of rotatable bonds is 4. The second-order valence-electron chi connectivity index (χ2n) is 6.15. The van der Waals surface area contributed by atoms with Gasteiger partial charge in [-0.15, -0.1) is 10.2 Å². The molecule has 0 radical (unpaired) electrons. The minimum Gasteiger partial charge on any atom is -0.493 e. The third-order valence-electron chi connectivity index (χ3n) is 4.30. The quantitative estimate of drug-likeness (QED) is 0.432. The number of nitrogens with zero attached hydrogens (tertiary/aromatic N) is 4. The maximum atomic E-state index is 12.2. The van der Waals surface area contributed by atoms with Crippen LogP contribution in [0.3, 0.4) is 0 Å². The Labute approximate surface area is 169 Å². The fraction of sp³-hybridized carbons (Fsp3) is 0.0476. The Bertz CT molecular complexity index is 1170. The maximum absolute atomic E-state index is 12.2. The first-order valence-electron chi connectivity index (χ1n) is 8.54. The summed E-state index contributed by atoms with van der Waals surface area (Å²) in [7, 11) is 0. The summed E-state index contributed by atoms with van der Waals surface area (Å²) >= 11 is 3.45. The van der Waals surface area contributed by atoms with Crippen molar-refractivity contribution in [2.45, 2.75) is 6.54 Å². The molecule has 4 aromatic rings. The highest BCUT2D eigenvalue weighted by Gasteiger charge is 2.18. The largest absolute Gasteiger partial charge is 0.493 e. The van der Waals surface area contributed by atoms with Gasteiger partial charge in [-0.1, -0.05) is 46.3 Å². The van der Waals surface area contributed by atoms with Crippen molar-refractivity contribution in [3.05, 3.63) is 88.7 Å². The smallest absolute Gasteiger partial charge is 0.296 e. The van der Waals surface area contributed by atoms with E-state index in [1.807, 2.05) is 48.5 Å². The van der Waals surface area contributed by atoms with Gasteiger partial charge in [0.15, 0.2) is 5.69 Å². The molecule has 0 saturated carbocycles. The molecule has 1 N–H and O–H groups in total. The number of pyridine rings is 1. The number of hydrogen-bond acceptors (Lipinski definition) is 4. The molecule has 0 bridgehead atoms. The zero-order chi connectivity index (χ0) is 19.5. The Kier molecular flexibility index (Phi) is 4.99. The number of halogens is 1. The SMILES string of the molecule is O=C(N=Nc1c(O)n(Cc2ccccc2)c2ccc(Br)cc12)c1cccnc1. The average Bonchev–Trinajstić information content (AvgIpc) is 2.98. The molecule has 2 aromatic carbocycles. The van der Waals surface area contributed by atoms with Gasteiger partial charge in [0.1, 0.15) is 0 Å². The predicted molar refractivity (Wildman–Crippen MR) is 110 cm³/mol. The van der Waals surface area contributed by atoms with E-state index in [1.54, 1.807) is 22.9 Å². The topological polar surface area (TPSA) is 79.8 Å². The van der Waals surface area contributed by atoms with Crippen molar-refractivity contribution in [2.24, 2.45) is 10.2 Å². The predicted octanol–water partition coefficient (Wildman–Crippen LogP) is 5.48. The molecular weight excluding hydrogens is 420 g/mol. The van der Waals surface area contributed by atoms with Gasteiger partial charge in [-0.25, -0.2) is 0 Å². The molecule has 0 saturated heterocycles.